The van der Waals surface area contributed by atoms with E-state index in [2.05, 4.69) is 10.4 Å². The molecule has 1 aromatic heterocycles. The van der Waals surface area contributed by atoms with E-state index in [1.165, 1.54) is 17.0 Å². The zero-order valence-electron chi connectivity index (χ0n) is 20.9. The zero-order valence-corrected chi connectivity index (χ0v) is 20.9. The Balaban J connectivity index is 1.85. The molecule has 0 aliphatic heterocycles. The molecule has 3 rings (SSSR count). The highest BCUT2D eigenvalue weighted by Gasteiger charge is 2.31. The van der Waals surface area contributed by atoms with E-state index in [0.29, 0.717) is 12.2 Å². The van der Waals surface area contributed by atoms with Gasteiger partial charge in [-0.2, -0.15) is 18.3 Å². The standard InChI is InChI=1S/C27H31F3N4O2/c1-5-6-15-33(25(36)19-11-10-12-20(16-19)27(28,29)30)18-24(35)31-23-17-22(26(2,3)4)32-34(23)21-13-8-7-9-14-21/h7-14,16-17H,5-6,15,18H2,1-4H3,(H,31,35). The molecule has 9 heteroatoms. The van der Waals surface area contributed by atoms with Gasteiger partial charge in [0, 0.05) is 23.6 Å². The highest BCUT2D eigenvalue weighted by Crippen LogP contribution is 2.30. The fraction of sp³-hybridized carbons (Fsp3) is 0.370. The van der Waals surface area contributed by atoms with E-state index in [-0.39, 0.29) is 24.1 Å². The van der Waals surface area contributed by atoms with E-state index >= 15 is 0 Å². The summed E-state index contributed by atoms with van der Waals surface area (Å²) in [5.74, 6) is -0.654. The summed E-state index contributed by atoms with van der Waals surface area (Å²) in [5.41, 5.74) is 0.232. The smallest absolute Gasteiger partial charge is 0.329 e. The van der Waals surface area contributed by atoms with Crippen LogP contribution >= 0.6 is 0 Å². The number of alkyl halides is 3. The highest BCUT2D eigenvalue weighted by molar-refractivity contribution is 5.99. The number of para-hydroxylation sites is 1. The van der Waals surface area contributed by atoms with Gasteiger partial charge in [-0.1, -0.05) is 58.4 Å². The third-order valence-corrected chi connectivity index (χ3v) is 5.59. The van der Waals surface area contributed by atoms with Crippen LogP contribution in [-0.2, 0) is 16.4 Å². The van der Waals surface area contributed by atoms with E-state index in [9.17, 15) is 22.8 Å². The van der Waals surface area contributed by atoms with Crippen LogP contribution in [0.1, 0.15) is 62.2 Å². The molecule has 0 saturated carbocycles. The Morgan fingerprint density at radius 2 is 1.69 bits per heavy atom. The van der Waals surface area contributed by atoms with Crippen LogP contribution in [0.3, 0.4) is 0 Å². The van der Waals surface area contributed by atoms with Gasteiger partial charge in [0.15, 0.2) is 0 Å². The number of aromatic nitrogens is 2. The van der Waals surface area contributed by atoms with Crippen molar-refractivity contribution in [2.24, 2.45) is 0 Å². The first-order valence-electron chi connectivity index (χ1n) is 11.8. The van der Waals surface area contributed by atoms with Crippen molar-refractivity contribution >= 4 is 17.6 Å². The summed E-state index contributed by atoms with van der Waals surface area (Å²) >= 11 is 0. The second-order valence-electron chi connectivity index (χ2n) is 9.62. The van der Waals surface area contributed by atoms with E-state index in [4.69, 9.17) is 0 Å². The molecule has 0 bridgehead atoms. The Kier molecular flexibility index (Phi) is 8.22. The first kappa shape index (κ1) is 27.0. The molecule has 0 radical (unpaired) electrons. The van der Waals surface area contributed by atoms with E-state index in [0.717, 1.165) is 29.9 Å². The number of carbonyl (C=O) groups excluding carboxylic acids is 2. The lowest BCUT2D eigenvalue weighted by atomic mass is 9.92. The fourth-order valence-corrected chi connectivity index (χ4v) is 3.57. The van der Waals surface area contributed by atoms with Crippen LogP contribution in [0.4, 0.5) is 19.0 Å². The second-order valence-corrected chi connectivity index (χ2v) is 9.62. The number of nitrogens with one attached hydrogen (secondary N) is 1. The van der Waals surface area contributed by atoms with Crippen LogP contribution in [0.25, 0.3) is 5.69 Å². The van der Waals surface area contributed by atoms with Gasteiger partial charge in [-0.05, 0) is 36.8 Å². The number of rotatable bonds is 8. The maximum atomic E-state index is 13.2. The van der Waals surface area contributed by atoms with Crippen molar-refractivity contribution in [1.82, 2.24) is 14.7 Å². The summed E-state index contributed by atoms with van der Waals surface area (Å²) in [7, 11) is 0. The molecule has 36 heavy (non-hydrogen) atoms. The zero-order chi connectivity index (χ0) is 26.5. The van der Waals surface area contributed by atoms with E-state index < -0.39 is 23.6 Å². The van der Waals surface area contributed by atoms with Gasteiger partial charge in [0.2, 0.25) is 5.91 Å². The molecule has 3 aromatic rings. The van der Waals surface area contributed by atoms with Crippen molar-refractivity contribution in [3.05, 3.63) is 77.5 Å². The number of halogens is 3. The molecule has 0 unspecified atom stereocenters. The second kappa shape index (κ2) is 11.0. The Morgan fingerprint density at radius 1 is 1.00 bits per heavy atom. The highest BCUT2D eigenvalue weighted by atomic mass is 19.4. The molecule has 6 nitrogen and oxygen atoms in total. The maximum Gasteiger partial charge on any atom is 0.416 e. The summed E-state index contributed by atoms with van der Waals surface area (Å²) in [5, 5.41) is 7.50. The van der Waals surface area contributed by atoms with Crippen LogP contribution < -0.4 is 5.32 Å². The predicted molar refractivity (Wildman–Crippen MR) is 133 cm³/mol. The van der Waals surface area contributed by atoms with Crippen LogP contribution in [0.2, 0.25) is 0 Å². The number of benzene rings is 2. The number of hydrogen-bond donors (Lipinski definition) is 1. The molecule has 1 N–H and O–H groups in total. The predicted octanol–water partition coefficient (Wildman–Crippen LogP) is 6.07. The molecule has 0 fully saturated rings. The molecule has 192 valence electrons. The lowest BCUT2D eigenvalue weighted by Crippen LogP contribution is -2.39. The molecule has 0 aliphatic rings. The minimum atomic E-state index is -4.57. The normalized spacial score (nSPS) is 11.9. The van der Waals surface area contributed by atoms with Crippen LogP contribution in [-0.4, -0.2) is 39.6 Å². The van der Waals surface area contributed by atoms with Gasteiger partial charge in [0.25, 0.3) is 5.91 Å². The van der Waals surface area contributed by atoms with Crippen molar-refractivity contribution in [3.8, 4) is 5.69 Å². The SMILES string of the molecule is CCCCN(CC(=O)Nc1cc(C(C)(C)C)nn1-c1ccccc1)C(=O)c1cccc(C(F)(F)F)c1. The summed E-state index contributed by atoms with van der Waals surface area (Å²) in [6.45, 7) is 7.90. The number of hydrogen-bond acceptors (Lipinski definition) is 3. The molecule has 2 aromatic carbocycles. The molecule has 1 heterocycles. The topological polar surface area (TPSA) is 67.2 Å². The molecule has 2 amide bonds. The minimum absolute atomic E-state index is 0.113. The van der Waals surface area contributed by atoms with Gasteiger partial charge in [0.05, 0.1) is 16.9 Å². The van der Waals surface area contributed by atoms with Gasteiger partial charge < -0.3 is 10.2 Å². The number of anilines is 1. The Bertz CT molecular complexity index is 1200. The average molecular weight is 501 g/mol. The van der Waals surface area contributed by atoms with Crippen molar-refractivity contribution in [3.63, 3.8) is 0 Å². The molecule has 0 aliphatic carbocycles. The Labute approximate surface area is 209 Å². The number of nitrogens with zero attached hydrogens (tertiary/aromatic N) is 3. The Hall–Kier alpha value is -3.62. The minimum Gasteiger partial charge on any atom is -0.329 e. The summed E-state index contributed by atoms with van der Waals surface area (Å²) in [6.07, 6.45) is -3.21. The first-order valence-corrected chi connectivity index (χ1v) is 11.8. The molecule has 0 atom stereocenters. The van der Waals surface area contributed by atoms with Gasteiger partial charge in [0.1, 0.15) is 12.4 Å². The molecular formula is C27H31F3N4O2. The largest absolute Gasteiger partial charge is 0.416 e. The van der Waals surface area contributed by atoms with Gasteiger partial charge in [-0.3, -0.25) is 9.59 Å². The van der Waals surface area contributed by atoms with Crippen molar-refractivity contribution in [1.29, 1.82) is 0 Å². The van der Waals surface area contributed by atoms with E-state index in [1.54, 1.807) is 10.7 Å². The maximum absolute atomic E-state index is 13.2. The van der Waals surface area contributed by atoms with Gasteiger partial charge >= 0.3 is 6.18 Å². The third kappa shape index (κ3) is 6.74. The average Bonchev–Trinajstić information content (AvgIpc) is 3.25. The summed E-state index contributed by atoms with van der Waals surface area (Å²) in [4.78, 5) is 27.4. The first-order chi connectivity index (χ1) is 16.9. The molecule has 0 spiro atoms. The lowest BCUT2D eigenvalue weighted by molar-refractivity contribution is -0.137. The van der Waals surface area contributed by atoms with Gasteiger partial charge in [-0.25, -0.2) is 4.68 Å². The quantitative estimate of drug-likeness (QED) is 0.408. The number of amides is 2. The van der Waals surface area contributed by atoms with Crippen molar-refractivity contribution in [2.75, 3.05) is 18.4 Å². The van der Waals surface area contributed by atoms with Crippen LogP contribution in [0.15, 0.2) is 60.7 Å². The van der Waals surface area contributed by atoms with Crippen molar-refractivity contribution in [2.45, 2.75) is 52.1 Å². The Morgan fingerprint density at radius 3 is 2.31 bits per heavy atom. The number of unbranched alkanes of at least 4 members (excludes halogenated alkanes) is 1. The van der Waals surface area contributed by atoms with Crippen molar-refractivity contribution < 1.29 is 22.8 Å². The van der Waals surface area contributed by atoms with Crippen LogP contribution in [0, 0.1) is 0 Å². The monoisotopic (exact) mass is 500 g/mol. The van der Waals surface area contributed by atoms with E-state index in [1.807, 2.05) is 58.0 Å². The third-order valence-electron chi connectivity index (χ3n) is 5.59. The molecular weight excluding hydrogens is 469 g/mol. The summed E-state index contributed by atoms with van der Waals surface area (Å²) in [6, 6.07) is 15.4. The van der Waals surface area contributed by atoms with Crippen LogP contribution in [0.5, 0.6) is 0 Å². The lowest BCUT2D eigenvalue weighted by Gasteiger charge is -2.22. The van der Waals surface area contributed by atoms with Gasteiger partial charge in [-0.15, -0.1) is 0 Å². The fourth-order valence-electron chi connectivity index (χ4n) is 3.57. The summed E-state index contributed by atoms with van der Waals surface area (Å²) < 4.78 is 41.1. The molecule has 0 saturated heterocycles. The number of carbonyl (C=O) groups is 2.